The van der Waals surface area contributed by atoms with E-state index in [0.717, 1.165) is 0 Å². The number of nitrogens with zero attached hydrogens (tertiary/aromatic N) is 1. The second-order valence-electron chi connectivity index (χ2n) is 3.45. The second-order valence-corrected chi connectivity index (χ2v) is 3.45. The lowest BCUT2D eigenvalue weighted by molar-refractivity contribution is -0.137. The van der Waals surface area contributed by atoms with Crippen molar-refractivity contribution >= 4 is 16.9 Å². The van der Waals surface area contributed by atoms with Crippen LogP contribution in [0.3, 0.4) is 0 Å². The molecule has 1 heterocycles. The van der Waals surface area contributed by atoms with Crippen LogP contribution in [0.5, 0.6) is 5.75 Å². The molecule has 3 N–H and O–H groups in total. The van der Waals surface area contributed by atoms with Gasteiger partial charge in [0.2, 0.25) is 0 Å². The van der Waals surface area contributed by atoms with E-state index in [4.69, 9.17) is 5.11 Å². The van der Waals surface area contributed by atoms with E-state index < -0.39 is 23.8 Å². The van der Waals surface area contributed by atoms with Crippen LogP contribution >= 0.6 is 0 Å². The summed E-state index contributed by atoms with van der Waals surface area (Å²) >= 11 is 0. The molecule has 88 valence electrons. The van der Waals surface area contributed by atoms with E-state index in [1.165, 1.54) is 18.2 Å². The number of fused-ring (bicyclic) bond motifs is 1. The van der Waals surface area contributed by atoms with Gasteiger partial charge >= 0.3 is 11.7 Å². The first-order valence-electron chi connectivity index (χ1n) is 4.66. The Balaban J connectivity index is 2.83. The fourth-order valence-corrected chi connectivity index (χ4v) is 1.52. The van der Waals surface area contributed by atoms with Gasteiger partial charge in [0.25, 0.3) is 5.56 Å². The number of aromatic nitrogens is 2. The minimum Gasteiger partial charge on any atom is -0.508 e. The zero-order chi connectivity index (χ0) is 12.6. The zero-order valence-electron chi connectivity index (χ0n) is 8.51. The molecule has 0 saturated carbocycles. The molecule has 0 atom stereocenters. The number of phenolic OH excluding ortho intramolecular Hbond substituents is 1. The predicted octanol–water partition coefficient (Wildman–Crippen LogP) is -0.520. The molecule has 2 aromatic rings. The van der Waals surface area contributed by atoms with Gasteiger partial charge in [-0.05, 0) is 18.2 Å². The summed E-state index contributed by atoms with van der Waals surface area (Å²) in [5.41, 5.74) is -1.29. The minimum atomic E-state index is -1.29. The van der Waals surface area contributed by atoms with Crippen molar-refractivity contribution in [3.05, 3.63) is 39.0 Å². The summed E-state index contributed by atoms with van der Waals surface area (Å²) in [6, 6.07) is 3.86. The first-order chi connectivity index (χ1) is 7.99. The number of rotatable bonds is 2. The van der Waals surface area contributed by atoms with Crippen molar-refractivity contribution in [3.8, 4) is 5.75 Å². The molecule has 2 rings (SSSR count). The molecular weight excluding hydrogens is 228 g/mol. The Morgan fingerprint density at radius 2 is 2.06 bits per heavy atom. The molecule has 0 amide bonds. The number of carboxylic acid groups (broad SMARTS) is 1. The average molecular weight is 236 g/mol. The van der Waals surface area contributed by atoms with Crippen molar-refractivity contribution in [1.29, 1.82) is 0 Å². The maximum atomic E-state index is 11.8. The van der Waals surface area contributed by atoms with Crippen LogP contribution in [-0.2, 0) is 11.3 Å². The van der Waals surface area contributed by atoms with Crippen LogP contribution in [0.25, 0.3) is 10.9 Å². The normalized spacial score (nSPS) is 10.6. The van der Waals surface area contributed by atoms with E-state index >= 15 is 0 Å². The standard InChI is InChI=1S/C10H8N2O5/c13-5-1-2-7-6(3-5)9(16)12(4-8(14)15)10(17)11-7/h1-3,13H,4H2,(H,11,17)(H,14,15). The Bertz CT molecular complexity index is 713. The summed E-state index contributed by atoms with van der Waals surface area (Å²) in [7, 11) is 0. The predicted molar refractivity (Wildman–Crippen MR) is 58.1 cm³/mol. The molecule has 0 aliphatic rings. The van der Waals surface area contributed by atoms with Gasteiger partial charge < -0.3 is 15.2 Å². The summed E-state index contributed by atoms with van der Waals surface area (Å²) in [4.78, 5) is 36.1. The number of phenols is 1. The van der Waals surface area contributed by atoms with Crippen LogP contribution in [0.4, 0.5) is 0 Å². The number of hydrogen-bond donors (Lipinski definition) is 3. The van der Waals surface area contributed by atoms with Crippen LogP contribution in [0, 0.1) is 0 Å². The highest BCUT2D eigenvalue weighted by Crippen LogP contribution is 2.13. The van der Waals surface area contributed by atoms with Crippen LogP contribution in [0.2, 0.25) is 0 Å². The van der Waals surface area contributed by atoms with Crippen molar-refractivity contribution in [3.63, 3.8) is 0 Å². The summed E-state index contributed by atoms with van der Waals surface area (Å²) in [5.74, 6) is -1.43. The molecule has 0 radical (unpaired) electrons. The Labute approximate surface area is 93.6 Å². The van der Waals surface area contributed by atoms with Gasteiger partial charge in [-0.2, -0.15) is 0 Å². The number of aromatic hydroxyl groups is 1. The highest BCUT2D eigenvalue weighted by molar-refractivity contribution is 5.79. The first kappa shape index (κ1) is 10.9. The average Bonchev–Trinajstić information content (AvgIpc) is 2.25. The number of carboxylic acids is 1. The summed E-state index contributed by atoms with van der Waals surface area (Å²) in [6.45, 7) is -0.722. The third-order valence-electron chi connectivity index (χ3n) is 2.26. The van der Waals surface area contributed by atoms with Gasteiger partial charge in [0.05, 0.1) is 10.9 Å². The van der Waals surface area contributed by atoms with E-state index in [2.05, 4.69) is 4.98 Å². The monoisotopic (exact) mass is 236 g/mol. The summed E-state index contributed by atoms with van der Waals surface area (Å²) < 4.78 is 0.560. The molecule has 0 saturated heterocycles. The number of aliphatic carboxylic acids is 1. The van der Waals surface area contributed by atoms with Crippen LogP contribution in [0.15, 0.2) is 27.8 Å². The highest BCUT2D eigenvalue weighted by atomic mass is 16.4. The molecule has 0 bridgehead atoms. The lowest BCUT2D eigenvalue weighted by Gasteiger charge is -2.03. The second kappa shape index (κ2) is 3.78. The molecule has 0 spiro atoms. The number of hydrogen-bond acceptors (Lipinski definition) is 4. The van der Waals surface area contributed by atoms with Crippen LogP contribution < -0.4 is 11.2 Å². The van der Waals surface area contributed by atoms with Gasteiger partial charge in [0.15, 0.2) is 0 Å². The molecule has 1 aromatic heterocycles. The van der Waals surface area contributed by atoms with Gasteiger partial charge in [-0.3, -0.25) is 9.59 Å². The number of benzene rings is 1. The van der Waals surface area contributed by atoms with Gasteiger partial charge in [-0.1, -0.05) is 0 Å². The maximum Gasteiger partial charge on any atom is 0.329 e. The SMILES string of the molecule is O=C(O)Cn1c(=O)[nH]c2ccc(O)cc2c1=O. The van der Waals surface area contributed by atoms with Crippen molar-refractivity contribution in [1.82, 2.24) is 9.55 Å². The molecule has 17 heavy (non-hydrogen) atoms. The van der Waals surface area contributed by atoms with Crippen molar-refractivity contribution < 1.29 is 15.0 Å². The zero-order valence-corrected chi connectivity index (χ0v) is 8.51. The number of H-pyrrole nitrogens is 1. The lowest BCUT2D eigenvalue weighted by atomic mass is 10.2. The molecule has 0 aliphatic carbocycles. The first-order valence-corrected chi connectivity index (χ1v) is 4.66. The highest BCUT2D eigenvalue weighted by Gasteiger charge is 2.10. The Morgan fingerprint density at radius 3 is 2.71 bits per heavy atom. The summed E-state index contributed by atoms with van der Waals surface area (Å²) in [5, 5.41) is 17.9. The van der Waals surface area contributed by atoms with Crippen molar-refractivity contribution in [2.75, 3.05) is 0 Å². The molecule has 7 nitrogen and oxygen atoms in total. The molecule has 0 fully saturated rings. The Hall–Kier alpha value is -2.57. The number of carbonyl (C=O) groups is 1. The van der Waals surface area contributed by atoms with E-state index in [-0.39, 0.29) is 16.7 Å². The minimum absolute atomic E-state index is 0.0610. The Kier molecular flexibility index (Phi) is 2.43. The van der Waals surface area contributed by atoms with Gasteiger partial charge in [-0.25, -0.2) is 9.36 Å². The summed E-state index contributed by atoms with van der Waals surface area (Å²) in [6.07, 6.45) is 0. The smallest absolute Gasteiger partial charge is 0.329 e. The third-order valence-corrected chi connectivity index (χ3v) is 2.26. The number of nitrogens with one attached hydrogen (secondary N) is 1. The Morgan fingerprint density at radius 1 is 1.35 bits per heavy atom. The van der Waals surface area contributed by atoms with Crippen molar-refractivity contribution in [2.24, 2.45) is 0 Å². The van der Waals surface area contributed by atoms with Gasteiger partial charge in [0, 0.05) is 0 Å². The maximum absolute atomic E-state index is 11.8. The van der Waals surface area contributed by atoms with Crippen LogP contribution in [-0.4, -0.2) is 25.7 Å². The molecule has 1 aromatic carbocycles. The fourth-order valence-electron chi connectivity index (χ4n) is 1.52. The van der Waals surface area contributed by atoms with E-state index in [9.17, 15) is 19.5 Å². The fraction of sp³-hybridized carbons (Fsp3) is 0.100. The van der Waals surface area contributed by atoms with E-state index in [0.29, 0.717) is 4.57 Å². The van der Waals surface area contributed by atoms with Gasteiger partial charge in [-0.15, -0.1) is 0 Å². The topological polar surface area (TPSA) is 112 Å². The molecule has 7 heteroatoms. The quantitative estimate of drug-likeness (QED) is 0.649. The van der Waals surface area contributed by atoms with E-state index in [1.807, 2.05) is 0 Å². The van der Waals surface area contributed by atoms with Crippen molar-refractivity contribution in [2.45, 2.75) is 6.54 Å². The lowest BCUT2D eigenvalue weighted by Crippen LogP contribution is -2.37. The van der Waals surface area contributed by atoms with Gasteiger partial charge in [0.1, 0.15) is 12.3 Å². The van der Waals surface area contributed by atoms with E-state index in [1.54, 1.807) is 0 Å². The largest absolute Gasteiger partial charge is 0.508 e. The van der Waals surface area contributed by atoms with Crippen LogP contribution in [0.1, 0.15) is 0 Å². The number of aromatic amines is 1. The molecular formula is C10H8N2O5. The molecule has 0 unspecified atom stereocenters. The third kappa shape index (κ3) is 1.89. The molecule has 0 aliphatic heterocycles.